The number of anilines is 1. The van der Waals surface area contributed by atoms with Gasteiger partial charge in [-0.3, -0.25) is 9.78 Å². The van der Waals surface area contributed by atoms with Gasteiger partial charge in [0.2, 0.25) is 0 Å². The van der Waals surface area contributed by atoms with Gasteiger partial charge in [-0.1, -0.05) is 44.2 Å². The third kappa shape index (κ3) is 7.17. The highest BCUT2D eigenvalue weighted by molar-refractivity contribution is 5.90. The van der Waals surface area contributed by atoms with E-state index < -0.39 is 24.6 Å². The lowest BCUT2D eigenvalue weighted by Gasteiger charge is -2.22. The number of pyridine rings is 1. The first-order valence-corrected chi connectivity index (χ1v) is 13.8. The van der Waals surface area contributed by atoms with Gasteiger partial charge in [-0.2, -0.15) is 0 Å². The van der Waals surface area contributed by atoms with Crippen LogP contribution in [0.2, 0.25) is 0 Å². The molecule has 2 aromatic carbocycles. The van der Waals surface area contributed by atoms with Crippen LogP contribution in [0.4, 0.5) is 14.9 Å². The molecule has 2 amide bonds. The van der Waals surface area contributed by atoms with E-state index in [4.69, 9.17) is 10.1 Å². The molecule has 0 radical (unpaired) electrons. The van der Waals surface area contributed by atoms with Gasteiger partial charge >= 0.3 is 12.0 Å². The Balaban J connectivity index is 1.88. The molecule has 41 heavy (non-hydrogen) atoms. The summed E-state index contributed by atoms with van der Waals surface area (Å²) in [6.45, 7) is 4.06. The number of carbonyl (C=O) groups is 2. The summed E-state index contributed by atoms with van der Waals surface area (Å²) in [5.41, 5.74) is 7.86. The number of aryl methyl sites for hydroxylation is 1. The highest BCUT2D eigenvalue weighted by atomic mass is 19.1. The van der Waals surface area contributed by atoms with Gasteiger partial charge in [-0.15, -0.1) is 0 Å². The molecule has 8 nitrogen and oxygen atoms in total. The zero-order valence-corrected chi connectivity index (χ0v) is 23.4. The number of aliphatic carboxylic acids is 1. The zero-order chi connectivity index (χ0) is 29.7. The Morgan fingerprint density at radius 1 is 1.10 bits per heavy atom. The van der Waals surface area contributed by atoms with E-state index in [1.807, 2.05) is 32.0 Å². The Bertz CT molecular complexity index is 1450. The Hall–Kier alpha value is -4.08. The van der Waals surface area contributed by atoms with Crippen LogP contribution >= 0.6 is 0 Å². The first kappa shape index (κ1) is 29.9. The molecule has 5 N–H and O–H groups in total. The number of benzene rings is 2. The molecular weight excluding hydrogens is 525 g/mol. The summed E-state index contributed by atoms with van der Waals surface area (Å²) in [5, 5.41) is 34.9. The highest BCUT2D eigenvalue weighted by Crippen LogP contribution is 2.42. The number of hydrogen-bond donors (Lipinski definition) is 5. The van der Waals surface area contributed by atoms with Crippen LogP contribution in [0, 0.1) is 5.82 Å². The number of carboxylic acids is 1. The summed E-state index contributed by atoms with van der Waals surface area (Å²) in [6, 6.07) is 11.8. The second-order valence-electron chi connectivity index (χ2n) is 10.6. The van der Waals surface area contributed by atoms with Gasteiger partial charge in [-0.25, -0.2) is 9.18 Å². The molecule has 1 aliphatic carbocycles. The molecule has 1 aromatic heterocycles. The summed E-state index contributed by atoms with van der Waals surface area (Å²) in [5.74, 6) is -1.49. The number of nitrogens with one attached hydrogen (secondary N) is 2. The van der Waals surface area contributed by atoms with Gasteiger partial charge in [-0.05, 0) is 71.7 Å². The SMILES string of the molecule is CNC(=O)Nc1ccc2c(c1)CCCc1c-2nc(C(C)C)c(/C=C/[C@@H](O)C[C@@H](O)CC(=O)O)c1-c1ccc(F)cc1. The van der Waals surface area contributed by atoms with Crippen molar-refractivity contribution in [3.8, 4) is 22.4 Å². The fourth-order valence-electron chi connectivity index (χ4n) is 5.29. The van der Waals surface area contributed by atoms with E-state index in [0.717, 1.165) is 57.6 Å². The number of amides is 2. The van der Waals surface area contributed by atoms with Crippen molar-refractivity contribution in [2.75, 3.05) is 12.4 Å². The predicted octanol–water partition coefficient (Wildman–Crippen LogP) is 5.52. The van der Waals surface area contributed by atoms with Crippen LogP contribution < -0.4 is 10.6 Å². The number of halogens is 1. The van der Waals surface area contributed by atoms with Crippen molar-refractivity contribution >= 4 is 23.8 Å². The van der Waals surface area contributed by atoms with Crippen molar-refractivity contribution in [3.63, 3.8) is 0 Å². The molecular formula is C32H36FN3O5. The minimum Gasteiger partial charge on any atom is -0.481 e. The maximum Gasteiger partial charge on any atom is 0.318 e. The second-order valence-corrected chi connectivity index (χ2v) is 10.6. The molecule has 1 aliphatic rings. The van der Waals surface area contributed by atoms with Gasteiger partial charge in [0.15, 0.2) is 0 Å². The largest absolute Gasteiger partial charge is 0.481 e. The normalized spacial score (nSPS) is 14.2. The van der Waals surface area contributed by atoms with Crippen LogP contribution in [0.1, 0.15) is 61.4 Å². The zero-order valence-electron chi connectivity index (χ0n) is 23.4. The molecule has 3 aromatic rings. The van der Waals surface area contributed by atoms with Crippen LogP contribution in [0.25, 0.3) is 28.5 Å². The topological polar surface area (TPSA) is 132 Å². The summed E-state index contributed by atoms with van der Waals surface area (Å²) < 4.78 is 14.0. The maximum absolute atomic E-state index is 14.0. The lowest BCUT2D eigenvalue weighted by Crippen LogP contribution is -2.24. The van der Waals surface area contributed by atoms with Gasteiger partial charge in [0, 0.05) is 30.3 Å². The molecule has 0 aliphatic heterocycles. The molecule has 0 spiro atoms. The molecule has 0 saturated carbocycles. The number of hydrogen-bond acceptors (Lipinski definition) is 5. The van der Waals surface area contributed by atoms with Gasteiger partial charge < -0.3 is 26.0 Å². The molecule has 9 heteroatoms. The van der Waals surface area contributed by atoms with Crippen molar-refractivity contribution in [1.29, 1.82) is 0 Å². The molecule has 0 bridgehead atoms. The van der Waals surface area contributed by atoms with E-state index in [1.165, 1.54) is 12.1 Å². The molecule has 216 valence electrons. The number of aliphatic hydroxyl groups excluding tert-OH is 2. The minimum absolute atomic E-state index is 0.00483. The third-order valence-corrected chi connectivity index (χ3v) is 7.17. The Kier molecular flexibility index (Phi) is 9.52. The van der Waals surface area contributed by atoms with Crippen molar-refractivity contribution in [2.45, 2.75) is 64.1 Å². The van der Waals surface area contributed by atoms with Crippen molar-refractivity contribution in [3.05, 3.63) is 76.7 Å². The average Bonchev–Trinajstić information content (AvgIpc) is 3.09. The number of nitrogens with zero attached hydrogens (tertiary/aromatic N) is 1. The summed E-state index contributed by atoms with van der Waals surface area (Å²) in [4.78, 5) is 28.0. The molecule has 0 saturated heterocycles. The van der Waals surface area contributed by atoms with Crippen LogP contribution in [0.5, 0.6) is 0 Å². The first-order chi connectivity index (χ1) is 19.6. The van der Waals surface area contributed by atoms with E-state index >= 15 is 0 Å². The number of carbonyl (C=O) groups excluding carboxylic acids is 1. The standard InChI is InChI=1S/C32H36FN3O5/c1-18(2)30-27(14-12-23(37)16-24(38)17-28(39)40)29(19-7-9-21(33)10-8-19)26-6-4-5-20-15-22(35-32(41)34-3)11-13-25(20)31(26)36-30/h7-15,18,23-24,37-38H,4-6,16-17H2,1-3H3,(H,39,40)(H2,34,35,41)/b14-12+/t23-,24-/m1/s1. The Morgan fingerprint density at radius 3 is 2.49 bits per heavy atom. The highest BCUT2D eigenvalue weighted by Gasteiger charge is 2.25. The van der Waals surface area contributed by atoms with E-state index in [1.54, 1.807) is 31.3 Å². The van der Waals surface area contributed by atoms with E-state index in [0.29, 0.717) is 12.1 Å². The first-order valence-electron chi connectivity index (χ1n) is 13.8. The Labute approximate surface area is 239 Å². The number of aromatic nitrogens is 1. The maximum atomic E-state index is 14.0. The molecule has 1 heterocycles. The van der Waals surface area contributed by atoms with E-state index in [-0.39, 0.29) is 24.2 Å². The molecule has 2 atom stereocenters. The second kappa shape index (κ2) is 13.1. The molecule has 4 rings (SSSR count). The average molecular weight is 562 g/mol. The fraction of sp³-hybridized carbons (Fsp3) is 0.344. The van der Waals surface area contributed by atoms with E-state index in [2.05, 4.69) is 10.6 Å². The van der Waals surface area contributed by atoms with Crippen molar-refractivity contribution in [1.82, 2.24) is 10.3 Å². The predicted molar refractivity (Wildman–Crippen MR) is 157 cm³/mol. The lowest BCUT2D eigenvalue weighted by molar-refractivity contribution is -0.139. The minimum atomic E-state index is -1.18. The van der Waals surface area contributed by atoms with Crippen LogP contribution in [-0.4, -0.2) is 51.6 Å². The molecule has 0 fully saturated rings. The number of urea groups is 1. The Morgan fingerprint density at radius 2 is 1.83 bits per heavy atom. The van der Waals surface area contributed by atoms with Gasteiger partial charge in [0.1, 0.15) is 5.82 Å². The fourth-order valence-corrected chi connectivity index (χ4v) is 5.29. The summed E-state index contributed by atoms with van der Waals surface area (Å²) in [7, 11) is 1.56. The van der Waals surface area contributed by atoms with E-state index in [9.17, 15) is 24.2 Å². The van der Waals surface area contributed by atoms with Crippen molar-refractivity contribution < 1.29 is 29.3 Å². The van der Waals surface area contributed by atoms with Gasteiger partial charge in [0.05, 0.1) is 30.0 Å². The number of aliphatic hydroxyl groups is 2. The van der Waals surface area contributed by atoms with Crippen LogP contribution in [-0.2, 0) is 17.6 Å². The quantitative estimate of drug-likeness (QED) is 0.234. The lowest BCUT2D eigenvalue weighted by atomic mass is 9.86. The number of carboxylic acid groups (broad SMARTS) is 1. The van der Waals surface area contributed by atoms with Crippen LogP contribution in [0.3, 0.4) is 0 Å². The van der Waals surface area contributed by atoms with Gasteiger partial charge in [0.25, 0.3) is 0 Å². The number of rotatable bonds is 9. The third-order valence-electron chi connectivity index (χ3n) is 7.17. The number of fused-ring (bicyclic) bond motifs is 3. The summed E-state index contributed by atoms with van der Waals surface area (Å²) in [6.07, 6.45) is 2.81. The molecule has 0 unspecified atom stereocenters. The van der Waals surface area contributed by atoms with Crippen LogP contribution in [0.15, 0.2) is 48.5 Å². The monoisotopic (exact) mass is 561 g/mol. The van der Waals surface area contributed by atoms with Crippen molar-refractivity contribution in [2.24, 2.45) is 0 Å². The smallest absolute Gasteiger partial charge is 0.318 e. The summed E-state index contributed by atoms with van der Waals surface area (Å²) >= 11 is 0.